The Labute approximate surface area is 412 Å². The summed E-state index contributed by atoms with van der Waals surface area (Å²) in [6, 6.07) is -0.999. The highest BCUT2D eigenvalue weighted by Gasteiger charge is 2.28. The summed E-state index contributed by atoms with van der Waals surface area (Å²) >= 11 is 0. The van der Waals surface area contributed by atoms with Crippen molar-refractivity contribution in [1.29, 1.82) is 0 Å². The molecule has 394 valence electrons. The van der Waals surface area contributed by atoms with Crippen LogP contribution in [0.15, 0.2) is 12.2 Å². The van der Waals surface area contributed by atoms with Gasteiger partial charge < -0.3 is 25.7 Å². The fraction of sp³-hybridized carbons (Fsp3) is 0.950. The average Bonchev–Trinajstić information content (AvgIpc) is 3.32. The lowest BCUT2D eigenvalue weighted by Crippen LogP contribution is -2.53. The number of allylic oxidation sites excluding steroid dienone is 2. The van der Waals surface area contributed by atoms with Crippen LogP contribution in [-0.4, -0.2) is 57.3 Å². The molecule has 6 nitrogen and oxygen atoms in total. The predicted molar refractivity (Wildman–Crippen MR) is 288 cm³/mol. The maximum absolute atomic E-state index is 12.6. The second-order valence-corrected chi connectivity index (χ2v) is 21.1. The summed E-state index contributed by atoms with van der Waals surface area (Å²) in [5.74, 6) is -0.586. The molecule has 66 heavy (non-hydrogen) atoms. The van der Waals surface area contributed by atoms with Crippen molar-refractivity contribution in [3.05, 3.63) is 12.2 Å². The van der Waals surface area contributed by atoms with E-state index in [0.29, 0.717) is 12.8 Å². The van der Waals surface area contributed by atoms with Gasteiger partial charge in [0.15, 0.2) is 0 Å². The van der Waals surface area contributed by atoms with E-state index in [1.807, 2.05) is 0 Å². The van der Waals surface area contributed by atoms with Crippen molar-refractivity contribution < 1.29 is 25.2 Å². The minimum atomic E-state index is -1.28. The first-order valence-corrected chi connectivity index (χ1v) is 30.1. The largest absolute Gasteiger partial charge is 0.394 e. The monoisotopic (exact) mass is 934 g/mol. The van der Waals surface area contributed by atoms with Gasteiger partial charge in [-0.25, -0.2) is 0 Å². The van der Waals surface area contributed by atoms with E-state index in [0.717, 1.165) is 38.5 Å². The smallest absolute Gasteiger partial charge is 0.249 e. The first-order chi connectivity index (χ1) is 32.5. The van der Waals surface area contributed by atoms with E-state index in [4.69, 9.17) is 0 Å². The van der Waals surface area contributed by atoms with Crippen molar-refractivity contribution in [3.63, 3.8) is 0 Å². The quantitative estimate of drug-likeness (QED) is 0.0308. The number of nitrogens with one attached hydrogen (secondary N) is 1. The van der Waals surface area contributed by atoms with Crippen molar-refractivity contribution in [3.8, 4) is 0 Å². The number of carbonyl (C=O) groups excluding carboxylic acids is 1. The minimum Gasteiger partial charge on any atom is -0.394 e. The molecule has 0 aliphatic heterocycles. The Morgan fingerprint density at radius 1 is 0.364 bits per heavy atom. The van der Waals surface area contributed by atoms with Gasteiger partial charge in [-0.2, -0.15) is 0 Å². The van der Waals surface area contributed by atoms with Crippen LogP contribution in [0.1, 0.15) is 335 Å². The van der Waals surface area contributed by atoms with Crippen LogP contribution >= 0.6 is 0 Å². The van der Waals surface area contributed by atoms with E-state index in [-0.39, 0.29) is 0 Å². The Kier molecular flexibility index (Phi) is 54.2. The molecular weight excluding hydrogens is 815 g/mol. The van der Waals surface area contributed by atoms with E-state index in [1.54, 1.807) is 0 Å². The molecule has 0 heterocycles. The Balaban J connectivity index is 3.60. The molecule has 4 unspecified atom stereocenters. The molecule has 0 saturated heterocycles. The predicted octanol–water partition coefficient (Wildman–Crippen LogP) is 17.6. The number of aliphatic hydroxyl groups is 4. The van der Waals surface area contributed by atoms with E-state index < -0.39 is 36.9 Å². The number of aliphatic hydroxyl groups excluding tert-OH is 4. The first kappa shape index (κ1) is 65.0. The van der Waals surface area contributed by atoms with Crippen molar-refractivity contribution in [1.82, 2.24) is 5.32 Å². The molecule has 0 bridgehead atoms. The summed E-state index contributed by atoms with van der Waals surface area (Å²) in [5.41, 5.74) is 0. The fourth-order valence-corrected chi connectivity index (χ4v) is 9.76. The SMILES string of the molecule is CCCCCCCCCCCCCCCCCCCCCCCC/C=C/CCCC(O)C(O)C(CO)NC(=O)C(O)CCCCCCCCCCCCCCCCCCCCCCCCC. The standard InChI is InChI=1S/C60H119NO5/c1-3-5-7-9-11-13-15-17-19-21-23-25-27-28-29-30-32-33-35-37-39-41-43-45-47-49-51-53-57(63)59(65)56(55-62)61-60(66)58(64)54-52-50-48-46-44-42-40-38-36-34-31-26-24-22-20-18-16-14-12-10-8-6-4-2/h45,47,56-59,62-65H,3-44,46,48-55H2,1-2H3,(H,61,66)/b47-45+. The van der Waals surface area contributed by atoms with Crippen molar-refractivity contribution >= 4 is 5.91 Å². The van der Waals surface area contributed by atoms with Crippen LogP contribution in [0.3, 0.4) is 0 Å². The molecule has 0 aliphatic carbocycles. The van der Waals surface area contributed by atoms with E-state index in [9.17, 15) is 25.2 Å². The highest BCUT2D eigenvalue weighted by Crippen LogP contribution is 2.19. The van der Waals surface area contributed by atoms with Crippen LogP contribution in [0.25, 0.3) is 0 Å². The van der Waals surface area contributed by atoms with Gasteiger partial charge >= 0.3 is 0 Å². The molecule has 0 radical (unpaired) electrons. The maximum atomic E-state index is 12.6. The zero-order valence-corrected chi connectivity index (χ0v) is 44.7. The first-order valence-electron chi connectivity index (χ1n) is 30.1. The Hall–Kier alpha value is -0.950. The molecular formula is C60H119NO5. The van der Waals surface area contributed by atoms with Gasteiger partial charge in [-0.1, -0.05) is 309 Å². The molecule has 0 spiro atoms. The van der Waals surface area contributed by atoms with Crippen LogP contribution in [0.4, 0.5) is 0 Å². The van der Waals surface area contributed by atoms with Crippen LogP contribution in [0.5, 0.6) is 0 Å². The lowest BCUT2D eigenvalue weighted by atomic mass is 10.00. The number of amides is 1. The van der Waals surface area contributed by atoms with Crippen LogP contribution in [0.2, 0.25) is 0 Å². The maximum Gasteiger partial charge on any atom is 0.249 e. The molecule has 0 saturated carbocycles. The molecule has 1 amide bonds. The summed E-state index contributed by atoms with van der Waals surface area (Å²) in [4.78, 5) is 12.6. The molecule has 0 aliphatic rings. The molecule has 5 N–H and O–H groups in total. The van der Waals surface area contributed by atoms with Crippen molar-refractivity contribution in [2.45, 2.75) is 359 Å². The molecule has 0 aromatic heterocycles. The van der Waals surface area contributed by atoms with E-state index >= 15 is 0 Å². The second-order valence-electron chi connectivity index (χ2n) is 21.1. The normalized spacial score (nSPS) is 13.7. The number of hydrogen-bond acceptors (Lipinski definition) is 5. The summed E-state index contributed by atoms with van der Waals surface area (Å²) in [5, 5.41) is 44.0. The van der Waals surface area contributed by atoms with Crippen LogP contribution < -0.4 is 5.32 Å². The van der Waals surface area contributed by atoms with Gasteiger partial charge in [0.1, 0.15) is 12.2 Å². The molecule has 4 atom stereocenters. The second kappa shape index (κ2) is 55.0. The summed E-state index contributed by atoms with van der Waals surface area (Å²) < 4.78 is 0. The summed E-state index contributed by atoms with van der Waals surface area (Å²) in [7, 11) is 0. The lowest BCUT2D eigenvalue weighted by molar-refractivity contribution is -0.132. The van der Waals surface area contributed by atoms with Gasteiger partial charge in [-0.15, -0.1) is 0 Å². The lowest BCUT2D eigenvalue weighted by Gasteiger charge is -2.27. The number of hydrogen-bond donors (Lipinski definition) is 5. The van der Waals surface area contributed by atoms with Gasteiger partial charge in [0.25, 0.3) is 0 Å². The third kappa shape index (κ3) is 48.1. The molecule has 0 aromatic rings. The Morgan fingerprint density at radius 2 is 0.621 bits per heavy atom. The summed E-state index contributed by atoms with van der Waals surface area (Å²) in [6.45, 7) is 4.09. The zero-order chi connectivity index (χ0) is 48.1. The Bertz CT molecular complexity index is 959. The highest BCUT2D eigenvalue weighted by molar-refractivity contribution is 5.80. The third-order valence-corrected chi connectivity index (χ3v) is 14.5. The van der Waals surface area contributed by atoms with Crippen LogP contribution in [0, 0.1) is 0 Å². The molecule has 0 rings (SSSR count). The number of carbonyl (C=O) groups is 1. The van der Waals surface area contributed by atoms with Crippen molar-refractivity contribution in [2.75, 3.05) is 6.61 Å². The zero-order valence-electron chi connectivity index (χ0n) is 44.7. The van der Waals surface area contributed by atoms with E-state index in [1.165, 1.54) is 270 Å². The fourth-order valence-electron chi connectivity index (χ4n) is 9.76. The van der Waals surface area contributed by atoms with E-state index in [2.05, 4.69) is 31.3 Å². The number of rotatable bonds is 56. The van der Waals surface area contributed by atoms with Gasteiger partial charge in [-0.3, -0.25) is 4.79 Å². The van der Waals surface area contributed by atoms with Gasteiger partial charge in [0.2, 0.25) is 5.91 Å². The highest BCUT2D eigenvalue weighted by atomic mass is 16.3. The number of unbranched alkanes of at least 4 members (excludes halogenated alkanes) is 45. The van der Waals surface area contributed by atoms with Gasteiger partial charge in [0.05, 0.1) is 18.8 Å². The molecule has 0 fully saturated rings. The molecule has 0 aromatic carbocycles. The van der Waals surface area contributed by atoms with Crippen molar-refractivity contribution in [2.24, 2.45) is 0 Å². The minimum absolute atomic E-state index is 0.369. The topological polar surface area (TPSA) is 110 Å². The van der Waals surface area contributed by atoms with Gasteiger partial charge in [0, 0.05) is 0 Å². The summed E-state index contributed by atoms with van der Waals surface area (Å²) in [6.07, 6.45) is 65.8. The van der Waals surface area contributed by atoms with Crippen LogP contribution in [-0.2, 0) is 4.79 Å². The third-order valence-electron chi connectivity index (χ3n) is 14.5. The Morgan fingerprint density at radius 3 is 0.909 bits per heavy atom. The molecule has 6 heteroatoms. The van der Waals surface area contributed by atoms with Gasteiger partial charge in [-0.05, 0) is 38.5 Å². The average molecular weight is 935 g/mol.